The lowest BCUT2D eigenvalue weighted by Crippen LogP contribution is -2.47. The number of aliphatic hydroxyl groups excluding tert-OH is 4. The van der Waals surface area contributed by atoms with Crippen LogP contribution in [0.25, 0.3) is 0 Å². The van der Waals surface area contributed by atoms with Gasteiger partial charge in [-0.3, -0.25) is 0 Å². The van der Waals surface area contributed by atoms with E-state index in [9.17, 15) is 20.4 Å². The van der Waals surface area contributed by atoms with E-state index in [1.807, 2.05) is 0 Å². The molecule has 0 aromatic rings. The minimum atomic E-state index is 0.129. The van der Waals surface area contributed by atoms with E-state index in [0.717, 1.165) is 42.0 Å². The molecule has 0 atom stereocenters. The molecule has 6 rings (SSSR count). The summed E-state index contributed by atoms with van der Waals surface area (Å²) in [5.74, 6) is 0. The number of rotatable bonds is 20. The van der Waals surface area contributed by atoms with Crippen LogP contribution in [0.3, 0.4) is 0 Å². The molecule has 0 unspecified atom stereocenters. The fraction of sp³-hybridized carbons (Fsp3) is 1.00. The number of aliphatic hydroxyl groups is 4. The zero-order chi connectivity index (χ0) is 38.2. The van der Waals surface area contributed by atoms with Crippen LogP contribution in [0, 0.1) is 0 Å². The van der Waals surface area contributed by atoms with Gasteiger partial charge in [-0.25, -0.2) is 0 Å². The average Bonchev–Trinajstić information content (AvgIpc) is 3.24. The van der Waals surface area contributed by atoms with E-state index >= 15 is 0 Å². The first-order valence-electron chi connectivity index (χ1n) is 23.0. The maximum Gasteiger partial charge on any atom is 0.119 e. The van der Waals surface area contributed by atoms with E-state index in [2.05, 4.69) is 11.8 Å². The zero-order valence-corrected chi connectivity index (χ0v) is 36.7. The van der Waals surface area contributed by atoms with Crippen molar-refractivity contribution in [3.05, 3.63) is 0 Å². The maximum atomic E-state index is 9.30. The quantitative estimate of drug-likeness (QED) is 0.0978. The lowest BCUT2D eigenvalue weighted by atomic mass is 9.96. The van der Waals surface area contributed by atoms with Gasteiger partial charge in [-0.15, -0.1) is 0 Å². The lowest BCUT2D eigenvalue weighted by molar-refractivity contribution is 0.00806. The maximum absolute atomic E-state index is 9.30. The van der Waals surface area contributed by atoms with Crippen molar-refractivity contribution in [2.24, 2.45) is 0 Å². The Morgan fingerprint density at radius 2 is 0.509 bits per heavy atom. The molecule has 6 aliphatic carbocycles. The normalized spacial score (nSPS) is 39.1. The Kier molecular flexibility index (Phi) is 20.5. The molecule has 4 N–H and O–H groups in total. The van der Waals surface area contributed by atoms with E-state index < -0.39 is 0 Å². The van der Waals surface area contributed by atoms with Crippen LogP contribution in [-0.2, 0) is 40.7 Å². The van der Waals surface area contributed by atoms with Gasteiger partial charge in [0, 0.05) is 10.5 Å². The van der Waals surface area contributed by atoms with Crippen LogP contribution < -0.4 is 0 Å². The van der Waals surface area contributed by atoms with Gasteiger partial charge in [0.05, 0.1) is 77.3 Å². The molecule has 320 valence electrons. The first kappa shape index (κ1) is 45.3. The summed E-state index contributed by atoms with van der Waals surface area (Å²) in [5, 5.41) is 44.0. The van der Waals surface area contributed by atoms with E-state index in [4.69, 9.17) is 18.9 Å². The Labute approximate surface area is 344 Å². The molecule has 0 amide bonds. The highest BCUT2D eigenvalue weighted by atomic mass is 32.2. The third-order valence-corrected chi connectivity index (χ3v) is 23.4. The predicted molar refractivity (Wildman–Crippen MR) is 231 cm³/mol. The fourth-order valence-corrected chi connectivity index (χ4v) is 21.3. The van der Waals surface area contributed by atoms with Crippen LogP contribution in [0.1, 0.15) is 154 Å². The third-order valence-electron chi connectivity index (χ3n) is 14.2. The molecule has 0 bridgehead atoms. The minimum absolute atomic E-state index is 0.129. The third kappa shape index (κ3) is 13.9. The number of thioether (sulfide) groups is 1. The van der Waals surface area contributed by atoms with Gasteiger partial charge in [0.1, 0.15) is 31.5 Å². The summed E-state index contributed by atoms with van der Waals surface area (Å²) in [4.78, 5) is 0. The van der Waals surface area contributed by atoms with E-state index in [1.54, 1.807) is 0 Å². The van der Waals surface area contributed by atoms with Crippen molar-refractivity contribution in [3.8, 4) is 0 Å². The fourth-order valence-electron chi connectivity index (χ4n) is 11.5. The first-order valence-corrected chi connectivity index (χ1v) is 26.8. The number of ether oxygens (including phenoxy) is 4. The summed E-state index contributed by atoms with van der Waals surface area (Å²) in [6.07, 6.45) is 32.5. The molecule has 6 fully saturated rings. The second-order valence-corrected chi connectivity index (χ2v) is 25.0. The minimum Gasteiger partial charge on any atom is -0.394 e. The second-order valence-electron chi connectivity index (χ2n) is 17.7. The number of hydrogen-bond donors (Lipinski definition) is 4. The Hall–Kier alpha value is 0.730. The van der Waals surface area contributed by atoms with Crippen LogP contribution >= 0.6 is 11.8 Å². The zero-order valence-electron chi connectivity index (χ0n) is 34.2. The van der Waals surface area contributed by atoms with Gasteiger partial charge >= 0.3 is 0 Å². The molecule has 11 heteroatoms. The predicted octanol–water partition coefficient (Wildman–Crippen LogP) is 6.86. The average molecular weight is 833 g/mol. The van der Waals surface area contributed by atoms with Crippen LogP contribution in [-0.4, -0.2) is 140 Å². The summed E-state index contributed by atoms with van der Waals surface area (Å²) >= 11 is 2.40. The molecule has 0 radical (unpaired) electrons. The van der Waals surface area contributed by atoms with Crippen molar-refractivity contribution < 1.29 is 39.4 Å². The smallest absolute Gasteiger partial charge is 0.119 e. The molecular weight excluding hydrogens is 753 g/mol. The van der Waals surface area contributed by atoms with Gasteiger partial charge in [-0.1, -0.05) is 0 Å². The standard InChI is InChI=1S/C44H80O8S3/c45-25-29-49-33-1-13-39(14-2-33)54(40-15-3-34(4-16-40)50-30-26-46)43-21-9-37(10-22-43)53-38-11-23-44(24-12-38)55(41-17-5-35(6-18-41)51-31-27-47)42-19-7-36(8-20-42)52-32-28-48/h33-48H,1-32H2/q+2. The summed E-state index contributed by atoms with van der Waals surface area (Å²) in [6.45, 7) is 2.45. The van der Waals surface area contributed by atoms with Crippen LogP contribution in [0.2, 0.25) is 0 Å². The van der Waals surface area contributed by atoms with Gasteiger partial charge in [0.15, 0.2) is 0 Å². The van der Waals surface area contributed by atoms with Gasteiger partial charge < -0.3 is 39.4 Å². The van der Waals surface area contributed by atoms with Gasteiger partial charge in [-0.05, 0) is 176 Å². The number of hydrogen-bond acceptors (Lipinski definition) is 9. The summed E-state index contributed by atoms with van der Waals surface area (Å²) in [7, 11) is 0.946. The molecular formula is C44H80O8S3+2. The van der Waals surface area contributed by atoms with Crippen molar-refractivity contribution in [1.29, 1.82) is 0 Å². The van der Waals surface area contributed by atoms with Crippen LogP contribution in [0.5, 0.6) is 0 Å². The molecule has 0 aromatic heterocycles. The summed E-state index contributed by atoms with van der Waals surface area (Å²) < 4.78 is 24.0. The Balaban J connectivity index is 0.990. The molecule has 0 aromatic carbocycles. The van der Waals surface area contributed by atoms with Crippen molar-refractivity contribution >= 4 is 33.6 Å². The first-order chi connectivity index (χ1) is 27.1. The summed E-state index contributed by atoms with van der Waals surface area (Å²) in [6, 6.07) is 0. The highest BCUT2D eigenvalue weighted by Gasteiger charge is 2.50. The SMILES string of the molecule is OCCOC1CCC([S+](C2CCC(OCCO)CC2)C2CCC(SC3CCC([S+](C4CCC(OCCO)CC4)C4CCC(OCCO)CC4)CC3)CC2)CC1. The van der Waals surface area contributed by atoms with Crippen molar-refractivity contribution in [2.45, 2.75) is 221 Å². The molecule has 0 saturated heterocycles. The largest absolute Gasteiger partial charge is 0.394 e. The van der Waals surface area contributed by atoms with Crippen molar-refractivity contribution in [2.75, 3.05) is 52.9 Å². The molecule has 0 spiro atoms. The molecule has 55 heavy (non-hydrogen) atoms. The van der Waals surface area contributed by atoms with Gasteiger partial charge in [0.25, 0.3) is 0 Å². The van der Waals surface area contributed by atoms with Gasteiger partial charge in [-0.2, -0.15) is 11.8 Å². The highest BCUT2D eigenvalue weighted by molar-refractivity contribution is 8.00. The Morgan fingerprint density at radius 3 is 0.709 bits per heavy atom. The van der Waals surface area contributed by atoms with E-state index in [0.29, 0.717) is 72.6 Å². The van der Waals surface area contributed by atoms with Crippen LogP contribution in [0.15, 0.2) is 0 Å². The molecule has 6 saturated carbocycles. The Bertz CT molecular complexity index is 863. The summed E-state index contributed by atoms with van der Waals surface area (Å²) in [5.41, 5.74) is 0. The van der Waals surface area contributed by atoms with Crippen molar-refractivity contribution in [3.63, 3.8) is 0 Å². The Morgan fingerprint density at radius 1 is 0.309 bits per heavy atom. The molecule has 0 aliphatic heterocycles. The monoisotopic (exact) mass is 833 g/mol. The van der Waals surface area contributed by atoms with Crippen molar-refractivity contribution in [1.82, 2.24) is 0 Å². The lowest BCUT2D eigenvalue weighted by Gasteiger charge is -2.41. The second kappa shape index (κ2) is 24.9. The van der Waals surface area contributed by atoms with E-state index in [-0.39, 0.29) is 26.4 Å². The van der Waals surface area contributed by atoms with E-state index in [1.165, 1.54) is 154 Å². The highest BCUT2D eigenvalue weighted by Crippen LogP contribution is 2.47. The van der Waals surface area contributed by atoms with Crippen LogP contribution in [0.4, 0.5) is 0 Å². The molecule has 0 heterocycles. The molecule has 6 aliphatic rings. The topological polar surface area (TPSA) is 118 Å². The van der Waals surface area contributed by atoms with Gasteiger partial charge in [0.2, 0.25) is 0 Å². The molecule has 8 nitrogen and oxygen atoms in total.